The van der Waals surface area contributed by atoms with Crippen molar-refractivity contribution in [3.8, 4) is 0 Å². The van der Waals surface area contributed by atoms with Crippen molar-refractivity contribution >= 4 is 38.7 Å². The number of hydrogen-bond acceptors (Lipinski definition) is 7. The Balaban J connectivity index is 2.01. The first-order chi connectivity index (χ1) is 13.4. The van der Waals surface area contributed by atoms with E-state index in [2.05, 4.69) is 30.5 Å². The first-order valence-electron chi connectivity index (χ1n) is 8.72. The third kappa shape index (κ3) is 4.28. The topological polar surface area (TPSA) is 125 Å². The lowest BCUT2D eigenvalue weighted by atomic mass is 10.2. The number of hydrogen-bond donors (Lipinski definition) is 3. The van der Waals surface area contributed by atoms with Crippen LogP contribution in [0.5, 0.6) is 0 Å². The zero-order valence-corrected chi connectivity index (χ0v) is 16.7. The summed E-state index contributed by atoms with van der Waals surface area (Å²) in [6.07, 6.45) is 3.26. The van der Waals surface area contributed by atoms with Crippen molar-refractivity contribution in [1.82, 2.24) is 15.5 Å². The van der Waals surface area contributed by atoms with E-state index in [9.17, 15) is 13.8 Å². The predicted octanol–water partition coefficient (Wildman–Crippen LogP) is 2.01. The van der Waals surface area contributed by atoms with Crippen molar-refractivity contribution in [2.45, 2.75) is 17.7 Å². The molecule has 0 bridgehead atoms. The molecule has 2 aromatic rings. The lowest BCUT2D eigenvalue weighted by Gasteiger charge is -2.15. The smallest absolute Gasteiger partial charge is 0.273 e. The number of amides is 2. The highest BCUT2D eigenvalue weighted by atomic mass is 32.2. The number of rotatable bonds is 6. The molecule has 1 aliphatic carbocycles. The van der Waals surface area contributed by atoms with Crippen LogP contribution in [0.1, 0.15) is 23.3 Å². The molecule has 0 spiro atoms. The maximum absolute atomic E-state index is 12.8. The van der Waals surface area contributed by atoms with Crippen molar-refractivity contribution in [1.29, 1.82) is 0 Å². The molecule has 9 nitrogen and oxygen atoms in total. The van der Waals surface area contributed by atoms with Crippen LogP contribution < -0.4 is 16.0 Å². The quantitative estimate of drug-likeness (QED) is 0.679. The van der Waals surface area contributed by atoms with E-state index < -0.39 is 15.6 Å². The van der Waals surface area contributed by atoms with Gasteiger partial charge in [-0.25, -0.2) is 8.57 Å². The van der Waals surface area contributed by atoms with Gasteiger partial charge >= 0.3 is 0 Å². The fourth-order valence-electron chi connectivity index (χ4n) is 2.55. The van der Waals surface area contributed by atoms with E-state index >= 15 is 0 Å². The van der Waals surface area contributed by atoms with Crippen LogP contribution in [0.15, 0.2) is 39.6 Å². The summed E-state index contributed by atoms with van der Waals surface area (Å²) in [6.45, 7) is 0. The number of nitrogens with zero attached hydrogens (tertiary/aromatic N) is 3. The van der Waals surface area contributed by atoms with Crippen molar-refractivity contribution in [2.75, 3.05) is 31.0 Å². The molecule has 1 heterocycles. The second-order valence-corrected chi connectivity index (χ2v) is 8.85. The lowest BCUT2D eigenvalue weighted by molar-refractivity contribution is -0.117. The summed E-state index contributed by atoms with van der Waals surface area (Å²) in [7, 11) is 0.367. The number of anilines is 3. The second kappa shape index (κ2) is 7.93. The highest BCUT2D eigenvalue weighted by Crippen LogP contribution is 2.31. The Kier molecular flexibility index (Phi) is 5.59. The van der Waals surface area contributed by atoms with Crippen LogP contribution in [0.4, 0.5) is 17.2 Å². The molecule has 2 amide bonds. The minimum Gasteiger partial charge on any atom is -0.354 e. The SMILES string of the molecule is CN=S(C)(=O)c1ccccc1Nc1cc(NC(=O)C2CC2)nnc1C(=O)NC. The second-order valence-electron chi connectivity index (χ2n) is 6.44. The van der Waals surface area contributed by atoms with Gasteiger partial charge in [0.15, 0.2) is 11.5 Å². The van der Waals surface area contributed by atoms with Gasteiger partial charge in [-0.15, -0.1) is 10.2 Å². The fraction of sp³-hybridized carbons (Fsp3) is 0.333. The molecule has 0 aliphatic heterocycles. The Bertz CT molecular complexity index is 1040. The molecule has 10 heteroatoms. The molecule has 0 radical (unpaired) electrons. The molecule has 3 N–H and O–H groups in total. The van der Waals surface area contributed by atoms with Crippen molar-refractivity contribution in [3.05, 3.63) is 36.0 Å². The predicted molar refractivity (Wildman–Crippen MR) is 107 cm³/mol. The van der Waals surface area contributed by atoms with Gasteiger partial charge in [-0.1, -0.05) is 12.1 Å². The Labute approximate surface area is 163 Å². The van der Waals surface area contributed by atoms with Gasteiger partial charge in [-0.2, -0.15) is 0 Å². The third-order valence-corrected chi connectivity index (χ3v) is 6.22. The highest BCUT2D eigenvalue weighted by Gasteiger charge is 2.30. The largest absolute Gasteiger partial charge is 0.354 e. The zero-order chi connectivity index (χ0) is 20.3. The number of aromatic nitrogens is 2. The molecule has 1 saturated carbocycles. The number of carbonyl (C=O) groups is 2. The molecular formula is C18H22N6O3S. The van der Waals surface area contributed by atoms with E-state index in [-0.39, 0.29) is 23.3 Å². The van der Waals surface area contributed by atoms with E-state index in [1.165, 1.54) is 20.2 Å². The average molecular weight is 402 g/mol. The standard InChI is InChI=1S/C18H22N6O3S/c1-19-18(26)16-13(10-15(23-24-16)22-17(25)11-8-9-11)21-12-6-4-5-7-14(12)28(3,27)20-2/h4-7,10-11H,8-9H2,1-3H3,(H,19,26)(H2,21,22,23,25). The maximum atomic E-state index is 12.8. The molecule has 28 heavy (non-hydrogen) atoms. The van der Waals surface area contributed by atoms with Crippen LogP contribution in [-0.4, -0.2) is 46.6 Å². The monoisotopic (exact) mass is 402 g/mol. The summed E-state index contributed by atoms with van der Waals surface area (Å²) in [4.78, 5) is 24.7. The first kappa shape index (κ1) is 19.7. The van der Waals surface area contributed by atoms with Crippen molar-refractivity contribution < 1.29 is 13.8 Å². The Morgan fingerprint density at radius 1 is 1.18 bits per heavy atom. The van der Waals surface area contributed by atoms with Gasteiger partial charge in [-0.3, -0.25) is 9.59 Å². The van der Waals surface area contributed by atoms with Gasteiger partial charge in [0.1, 0.15) is 0 Å². The van der Waals surface area contributed by atoms with E-state index in [1.54, 1.807) is 30.5 Å². The summed E-state index contributed by atoms with van der Waals surface area (Å²) >= 11 is 0. The van der Waals surface area contributed by atoms with Crippen LogP contribution >= 0.6 is 0 Å². The number of para-hydroxylation sites is 1. The molecule has 1 atom stereocenters. The lowest BCUT2D eigenvalue weighted by Crippen LogP contribution is -2.22. The van der Waals surface area contributed by atoms with E-state index in [4.69, 9.17) is 0 Å². The van der Waals surface area contributed by atoms with E-state index in [1.807, 2.05) is 0 Å². The number of nitrogens with one attached hydrogen (secondary N) is 3. The van der Waals surface area contributed by atoms with Gasteiger partial charge in [0.2, 0.25) is 5.91 Å². The van der Waals surface area contributed by atoms with Crippen LogP contribution in [-0.2, 0) is 14.5 Å². The summed E-state index contributed by atoms with van der Waals surface area (Å²) < 4.78 is 16.7. The summed E-state index contributed by atoms with van der Waals surface area (Å²) in [5.41, 5.74) is 0.912. The minimum absolute atomic E-state index is 0.00786. The Morgan fingerprint density at radius 2 is 1.89 bits per heavy atom. The molecule has 1 fully saturated rings. The van der Waals surface area contributed by atoms with Gasteiger partial charge in [0.05, 0.1) is 26.0 Å². The van der Waals surface area contributed by atoms with E-state index in [0.29, 0.717) is 16.3 Å². The van der Waals surface area contributed by atoms with Gasteiger partial charge < -0.3 is 16.0 Å². The number of carbonyl (C=O) groups excluding carboxylic acids is 2. The molecule has 1 aromatic heterocycles. The maximum Gasteiger partial charge on any atom is 0.273 e. The summed E-state index contributed by atoms with van der Waals surface area (Å²) in [5.74, 6) is -0.310. The summed E-state index contributed by atoms with van der Waals surface area (Å²) in [5, 5.41) is 16.2. The summed E-state index contributed by atoms with van der Waals surface area (Å²) in [6, 6.07) is 8.53. The molecule has 1 aliphatic rings. The fourth-order valence-corrected chi connectivity index (χ4v) is 3.61. The third-order valence-electron chi connectivity index (χ3n) is 4.35. The zero-order valence-electron chi connectivity index (χ0n) is 15.9. The average Bonchev–Trinajstić information content (AvgIpc) is 3.53. The van der Waals surface area contributed by atoms with Crippen LogP contribution in [0.3, 0.4) is 0 Å². The molecule has 0 saturated heterocycles. The molecule has 148 valence electrons. The normalized spacial score (nSPS) is 15.2. The number of benzene rings is 1. The molecular weight excluding hydrogens is 380 g/mol. The molecule has 3 rings (SSSR count). The van der Waals surface area contributed by atoms with Crippen LogP contribution in [0.2, 0.25) is 0 Å². The van der Waals surface area contributed by atoms with Crippen LogP contribution in [0.25, 0.3) is 0 Å². The molecule has 1 unspecified atom stereocenters. The first-order valence-corrected chi connectivity index (χ1v) is 10.6. The minimum atomic E-state index is -2.61. The van der Waals surface area contributed by atoms with E-state index in [0.717, 1.165) is 12.8 Å². The van der Waals surface area contributed by atoms with Gasteiger partial charge in [-0.05, 0) is 25.0 Å². The molecule has 1 aromatic carbocycles. The van der Waals surface area contributed by atoms with Crippen molar-refractivity contribution in [2.24, 2.45) is 10.3 Å². The Morgan fingerprint density at radius 3 is 2.54 bits per heavy atom. The van der Waals surface area contributed by atoms with Gasteiger partial charge in [0.25, 0.3) is 5.91 Å². The van der Waals surface area contributed by atoms with Gasteiger partial charge in [0, 0.05) is 32.3 Å². The van der Waals surface area contributed by atoms with Crippen molar-refractivity contribution in [3.63, 3.8) is 0 Å². The van der Waals surface area contributed by atoms with Crippen LogP contribution in [0, 0.1) is 5.92 Å². The Hall–Kier alpha value is -3.01. The highest BCUT2D eigenvalue weighted by molar-refractivity contribution is 7.93.